The number of aromatic amines is 1. The van der Waals surface area contributed by atoms with E-state index in [2.05, 4.69) is 10.3 Å². The zero-order chi connectivity index (χ0) is 11.8. The molecule has 0 aliphatic carbocycles. The van der Waals surface area contributed by atoms with Gasteiger partial charge in [-0.05, 0) is 32.3 Å². The van der Waals surface area contributed by atoms with Crippen molar-refractivity contribution in [2.24, 2.45) is 0 Å². The van der Waals surface area contributed by atoms with Gasteiger partial charge < -0.3 is 15.2 Å². The first-order valence-corrected chi connectivity index (χ1v) is 6.43. The molecule has 2 aliphatic rings. The quantitative estimate of drug-likeness (QED) is 0.815. The van der Waals surface area contributed by atoms with Gasteiger partial charge in [0.25, 0.3) is 5.91 Å². The molecule has 100 valence electrons. The number of rotatable bonds is 1. The van der Waals surface area contributed by atoms with Crippen LogP contribution in [-0.4, -0.2) is 41.0 Å². The third-order valence-electron chi connectivity index (χ3n) is 3.99. The molecule has 2 unspecified atom stereocenters. The summed E-state index contributed by atoms with van der Waals surface area (Å²) < 4.78 is 0. The van der Waals surface area contributed by atoms with Gasteiger partial charge in [-0.3, -0.25) is 4.79 Å². The Labute approximate surface area is 114 Å². The molecule has 2 saturated heterocycles. The average molecular weight is 270 g/mol. The van der Waals surface area contributed by atoms with Crippen molar-refractivity contribution in [3.63, 3.8) is 0 Å². The number of halogens is 1. The van der Waals surface area contributed by atoms with E-state index in [4.69, 9.17) is 0 Å². The number of H-pyrrole nitrogens is 1. The summed E-state index contributed by atoms with van der Waals surface area (Å²) in [6.45, 7) is 3.70. The van der Waals surface area contributed by atoms with Crippen LogP contribution in [0.4, 0.5) is 0 Å². The lowest BCUT2D eigenvalue weighted by Gasteiger charge is -2.24. The number of fused-ring (bicyclic) bond motifs is 2. The molecule has 3 rings (SSSR count). The molecule has 2 N–H and O–H groups in total. The predicted octanol–water partition coefficient (Wildman–Crippen LogP) is 1.71. The standard InChI is InChI=1S/C13H19N3O.ClH/c1-9-12(4-6-14-9)13(17)16-7-5-10-2-3-11(8-16)15-10;/h4,6,10-11,14-15H,2-3,5,7-8H2,1H3;1H. The molecule has 0 radical (unpaired) electrons. The number of nitrogens with zero attached hydrogens (tertiary/aromatic N) is 1. The van der Waals surface area contributed by atoms with Gasteiger partial charge in [-0.25, -0.2) is 0 Å². The van der Waals surface area contributed by atoms with E-state index >= 15 is 0 Å². The smallest absolute Gasteiger partial charge is 0.255 e. The molecule has 3 heterocycles. The molecular weight excluding hydrogens is 250 g/mol. The Bertz CT molecular complexity index is 432. The summed E-state index contributed by atoms with van der Waals surface area (Å²) in [5.41, 5.74) is 1.79. The minimum absolute atomic E-state index is 0. The van der Waals surface area contributed by atoms with Crippen LogP contribution >= 0.6 is 12.4 Å². The summed E-state index contributed by atoms with van der Waals surface area (Å²) in [4.78, 5) is 17.5. The molecule has 2 bridgehead atoms. The topological polar surface area (TPSA) is 48.1 Å². The van der Waals surface area contributed by atoms with Crippen molar-refractivity contribution in [2.75, 3.05) is 13.1 Å². The number of aromatic nitrogens is 1. The van der Waals surface area contributed by atoms with Gasteiger partial charge in [0.05, 0.1) is 5.56 Å². The second-order valence-electron chi connectivity index (χ2n) is 5.19. The first kappa shape index (κ1) is 13.4. The summed E-state index contributed by atoms with van der Waals surface area (Å²) in [6.07, 6.45) is 5.41. The summed E-state index contributed by atoms with van der Waals surface area (Å²) in [7, 11) is 0. The van der Waals surface area contributed by atoms with Crippen LogP contribution in [0.25, 0.3) is 0 Å². The average Bonchev–Trinajstić information content (AvgIpc) is 2.84. The van der Waals surface area contributed by atoms with Crippen LogP contribution in [0.3, 0.4) is 0 Å². The molecule has 5 heteroatoms. The summed E-state index contributed by atoms with van der Waals surface area (Å²) in [5, 5.41) is 3.60. The van der Waals surface area contributed by atoms with Crippen LogP contribution in [0, 0.1) is 6.92 Å². The third kappa shape index (κ3) is 2.40. The van der Waals surface area contributed by atoms with Crippen molar-refractivity contribution in [2.45, 2.75) is 38.3 Å². The maximum Gasteiger partial charge on any atom is 0.255 e. The Morgan fingerprint density at radius 2 is 2.11 bits per heavy atom. The van der Waals surface area contributed by atoms with Crippen LogP contribution in [0.2, 0.25) is 0 Å². The molecular formula is C13H20ClN3O. The molecule has 0 spiro atoms. The number of aryl methyl sites for hydroxylation is 1. The van der Waals surface area contributed by atoms with Crippen molar-refractivity contribution in [1.29, 1.82) is 0 Å². The fraction of sp³-hybridized carbons (Fsp3) is 0.615. The van der Waals surface area contributed by atoms with Crippen molar-refractivity contribution < 1.29 is 4.79 Å². The van der Waals surface area contributed by atoms with Gasteiger partial charge in [0.15, 0.2) is 0 Å². The van der Waals surface area contributed by atoms with Gasteiger partial charge in [-0.15, -0.1) is 12.4 Å². The third-order valence-corrected chi connectivity index (χ3v) is 3.99. The van der Waals surface area contributed by atoms with Crippen LogP contribution < -0.4 is 5.32 Å². The van der Waals surface area contributed by atoms with E-state index in [1.54, 1.807) is 0 Å². The Morgan fingerprint density at radius 1 is 1.33 bits per heavy atom. The van der Waals surface area contributed by atoms with Gasteiger partial charge in [-0.2, -0.15) is 0 Å². The van der Waals surface area contributed by atoms with E-state index in [0.717, 1.165) is 30.8 Å². The molecule has 2 atom stereocenters. The first-order valence-electron chi connectivity index (χ1n) is 6.43. The van der Waals surface area contributed by atoms with Gasteiger partial charge in [0, 0.05) is 37.1 Å². The number of nitrogens with one attached hydrogen (secondary N) is 2. The Hall–Kier alpha value is -1.00. The minimum Gasteiger partial charge on any atom is -0.365 e. The van der Waals surface area contributed by atoms with Crippen molar-refractivity contribution in [3.8, 4) is 0 Å². The monoisotopic (exact) mass is 269 g/mol. The Kier molecular flexibility index (Phi) is 3.97. The van der Waals surface area contributed by atoms with E-state index in [1.807, 2.05) is 24.1 Å². The zero-order valence-corrected chi connectivity index (χ0v) is 11.4. The fourth-order valence-electron chi connectivity index (χ4n) is 2.98. The Balaban J connectivity index is 0.00000120. The molecule has 2 fully saturated rings. The second-order valence-corrected chi connectivity index (χ2v) is 5.19. The predicted molar refractivity (Wildman–Crippen MR) is 73.2 cm³/mol. The number of carbonyl (C=O) groups excluding carboxylic acids is 1. The molecule has 1 aromatic heterocycles. The fourth-order valence-corrected chi connectivity index (χ4v) is 2.98. The normalized spacial score (nSPS) is 26.6. The maximum absolute atomic E-state index is 12.4. The Morgan fingerprint density at radius 3 is 2.83 bits per heavy atom. The summed E-state index contributed by atoms with van der Waals surface area (Å²) >= 11 is 0. The van der Waals surface area contributed by atoms with Gasteiger partial charge in [0.1, 0.15) is 0 Å². The number of carbonyl (C=O) groups is 1. The minimum atomic E-state index is 0. The largest absolute Gasteiger partial charge is 0.365 e. The van der Waals surface area contributed by atoms with Gasteiger partial charge in [0.2, 0.25) is 0 Å². The molecule has 1 amide bonds. The lowest BCUT2D eigenvalue weighted by molar-refractivity contribution is 0.0747. The van der Waals surface area contributed by atoms with Crippen molar-refractivity contribution in [1.82, 2.24) is 15.2 Å². The van der Waals surface area contributed by atoms with Crippen molar-refractivity contribution >= 4 is 18.3 Å². The summed E-state index contributed by atoms with van der Waals surface area (Å²) in [6, 6.07) is 3.02. The van der Waals surface area contributed by atoms with E-state index in [9.17, 15) is 4.79 Å². The van der Waals surface area contributed by atoms with E-state index < -0.39 is 0 Å². The molecule has 4 nitrogen and oxygen atoms in total. The number of hydrogen-bond donors (Lipinski definition) is 2. The highest BCUT2D eigenvalue weighted by Gasteiger charge is 2.31. The van der Waals surface area contributed by atoms with Crippen molar-refractivity contribution in [3.05, 3.63) is 23.5 Å². The summed E-state index contributed by atoms with van der Waals surface area (Å²) in [5.74, 6) is 0.179. The van der Waals surface area contributed by atoms with E-state index in [1.165, 1.54) is 12.8 Å². The molecule has 1 aromatic rings. The second kappa shape index (κ2) is 5.33. The van der Waals surface area contributed by atoms with Crippen LogP contribution in [-0.2, 0) is 0 Å². The van der Waals surface area contributed by atoms with E-state index in [0.29, 0.717) is 12.1 Å². The maximum atomic E-state index is 12.4. The molecule has 2 aliphatic heterocycles. The molecule has 18 heavy (non-hydrogen) atoms. The lowest BCUT2D eigenvalue weighted by atomic mass is 10.1. The zero-order valence-electron chi connectivity index (χ0n) is 10.6. The van der Waals surface area contributed by atoms with Crippen LogP contribution in [0.5, 0.6) is 0 Å². The van der Waals surface area contributed by atoms with Gasteiger partial charge in [-0.1, -0.05) is 0 Å². The SMILES string of the molecule is Cc1[nH]ccc1C(=O)N1CCC2CCC(C1)N2.Cl. The van der Waals surface area contributed by atoms with Gasteiger partial charge >= 0.3 is 0 Å². The molecule has 0 saturated carbocycles. The number of likely N-dealkylation sites (tertiary alicyclic amines) is 1. The number of amides is 1. The van der Waals surface area contributed by atoms with Crippen LogP contribution in [0.1, 0.15) is 35.3 Å². The highest BCUT2D eigenvalue weighted by atomic mass is 35.5. The highest BCUT2D eigenvalue weighted by Crippen LogP contribution is 2.22. The number of hydrogen-bond acceptors (Lipinski definition) is 2. The highest BCUT2D eigenvalue weighted by molar-refractivity contribution is 5.95. The van der Waals surface area contributed by atoms with E-state index in [-0.39, 0.29) is 18.3 Å². The molecule has 0 aromatic carbocycles. The first-order chi connectivity index (χ1) is 8.24. The van der Waals surface area contributed by atoms with Crippen LogP contribution in [0.15, 0.2) is 12.3 Å². The lowest BCUT2D eigenvalue weighted by Crippen LogP contribution is -2.39.